The van der Waals surface area contributed by atoms with Crippen LogP contribution in [0.5, 0.6) is 11.5 Å². The highest BCUT2D eigenvalue weighted by Gasteiger charge is 2.08. The maximum atomic E-state index is 5.40. The van der Waals surface area contributed by atoms with E-state index in [0.717, 1.165) is 30.9 Å². The van der Waals surface area contributed by atoms with E-state index in [1.54, 1.807) is 14.2 Å². The van der Waals surface area contributed by atoms with Crippen molar-refractivity contribution < 1.29 is 14.8 Å². The molecule has 3 nitrogen and oxygen atoms in total. The first kappa shape index (κ1) is 16.4. The molecule has 22 heavy (non-hydrogen) atoms. The first-order chi connectivity index (χ1) is 10.7. The fraction of sp³-hybridized carbons (Fsp3) is 0.368. The summed E-state index contributed by atoms with van der Waals surface area (Å²) < 4.78 is 10.6. The zero-order valence-corrected chi connectivity index (χ0v) is 13.7. The van der Waals surface area contributed by atoms with Crippen LogP contribution >= 0.6 is 0 Å². The molecule has 0 bridgehead atoms. The molecule has 0 unspecified atom stereocenters. The Morgan fingerprint density at radius 3 is 2.36 bits per heavy atom. The molecule has 1 atom stereocenters. The van der Waals surface area contributed by atoms with Gasteiger partial charge in [0, 0.05) is 12.0 Å². The van der Waals surface area contributed by atoms with Crippen LogP contribution in [0.4, 0.5) is 0 Å². The lowest BCUT2D eigenvalue weighted by Gasteiger charge is -2.13. The minimum atomic E-state index is 0.576. The van der Waals surface area contributed by atoms with Gasteiger partial charge in [0.2, 0.25) is 0 Å². The zero-order valence-electron chi connectivity index (χ0n) is 13.7. The van der Waals surface area contributed by atoms with Crippen LogP contribution in [-0.4, -0.2) is 20.3 Å². The topological polar surface area (TPSA) is 35.1 Å². The average molecular weight is 300 g/mol. The fourth-order valence-electron chi connectivity index (χ4n) is 2.50. The molecule has 118 valence electrons. The van der Waals surface area contributed by atoms with Gasteiger partial charge in [0.1, 0.15) is 18.0 Å². The number of para-hydroxylation sites is 1. The van der Waals surface area contributed by atoms with Gasteiger partial charge in [-0.1, -0.05) is 24.3 Å². The highest BCUT2D eigenvalue weighted by atomic mass is 16.5. The Bertz CT molecular complexity index is 566. The highest BCUT2D eigenvalue weighted by Crippen LogP contribution is 2.16. The summed E-state index contributed by atoms with van der Waals surface area (Å²) in [5.74, 6) is 1.89. The number of aryl methyl sites for hydroxylation is 1. The molecule has 0 spiro atoms. The number of methoxy groups -OCH3 is 2. The van der Waals surface area contributed by atoms with E-state index in [9.17, 15) is 0 Å². The van der Waals surface area contributed by atoms with Gasteiger partial charge in [0.05, 0.1) is 20.3 Å². The van der Waals surface area contributed by atoms with E-state index in [-0.39, 0.29) is 0 Å². The van der Waals surface area contributed by atoms with Gasteiger partial charge in [0.15, 0.2) is 0 Å². The van der Waals surface area contributed by atoms with Crippen molar-refractivity contribution in [2.75, 3.05) is 14.2 Å². The molecule has 3 heteroatoms. The Kier molecular flexibility index (Phi) is 6.28. The number of nitrogens with two attached hydrogens (primary N) is 1. The molecule has 2 aromatic carbocycles. The van der Waals surface area contributed by atoms with Crippen molar-refractivity contribution in [1.82, 2.24) is 0 Å². The summed E-state index contributed by atoms with van der Waals surface area (Å²) in [7, 11) is 3.43. The largest absolute Gasteiger partial charge is 0.497 e. The summed E-state index contributed by atoms with van der Waals surface area (Å²) in [5, 5.41) is 2.38. The summed E-state index contributed by atoms with van der Waals surface area (Å²) in [6.07, 6.45) is 2.25. The van der Waals surface area contributed by atoms with Crippen LogP contribution in [0.15, 0.2) is 48.5 Å². The van der Waals surface area contributed by atoms with Crippen LogP contribution in [0.2, 0.25) is 0 Å². The second-order valence-corrected chi connectivity index (χ2v) is 5.62. The first-order valence-electron chi connectivity index (χ1n) is 7.81. The maximum absolute atomic E-state index is 5.40. The maximum Gasteiger partial charge on any atom is 0.127 e. The Morgan fingerprint density at radius 1 is 0.955 bits per heavy atom. The molecular formula is C19H26NO2+. The summed E-state index contributed by atoms with van der Waals surface area (Å²) >= 11 is 0. The molecule has 0 aliphatic carbocycles. The normalized spacial score (nSPS) is 12.0. The van der Waals surface area contributed by atoms with Crippen molar-refractivity contribution in [2.45, 2.75) is 32.4 Å². The molecule has 0 aromatic heterocycles. The third-order valence-corrected chi connectivity index (χ3v) is 3.98. The minimum Gasteiger partial charge on any atom is -0.497 e. The van der Waals surface area contributed by atoms with Gasteiger partial charge in [-0.2, -0.15) is 0 Å². The number of quaternary nitrogens is 1. The van der Waals surface area contributed by atoms with Crippen molar-refractivity contribution in [3.8, 4) is 11.5 Å². The molecule has 0 heterocycles. The lowest BCUT2D eigenvalue weighted by Crippen LogP contribution is -2.87. The van der Waals surface area contributed by atoms with E-state index < -0.39 is 0 Å². The van der Waals surface area contributed by atoms with Gasteiger partial charge in [-0.05, 0) is 43.2 Å². The van der Waals surface area contributed by atoms with E-state index in [0.29, 0.717) is 6.04 Å². The summed E-state index contributed by atoms with van der Waals surface area (Å²) in [4.78, 5) is 0. The van der Waals surface area contributed by atoms with E-state index in [1.165, 1.54) is 11.1 Å². The van der Waals surface area contributed by atoms with Crippen LogP contribution in [0, 0.1) is 0 Å². The molecule has 2 N–H and O–H groups in total. The van der Waals surface area contributed by atoms with Crippen molar-refractivity contribution in [3.05, 3.63) is 59.7 Å². The first-order valence-corrected chi connectivity index (χ1v) is 7.81. The van der Waals surface area contributed by atoms with E-state index in [1.807, 2.05) is 24.3 Å². The predicted molar refractivity (Wildman–Crippen MR) is 89.4 cm³/mol. The van der Waals surface area contributed by atoms with Crippen LogP contribution in [0.3, 0.4) is 0 Å². The number of ether oxygens (including phenoxy) is 2. The highest BCUT2D eigenvalue weighted by molar-refractivity contribution is 5.32. The van der Waals surface area contributed by atoms with Crippen LogP contribution in [0.1, 0.15) is 24.5 Å². The molecule has 0 radical (unpaired) electrons. The lowest BCUT2D eigenvalue weighted by atomic mass is 10.1. The van der Waals surface area contributed by atoms with E-state index in [4.69, 9.17) is 9.47 Å². The number of benzene rings is 2. The van der Waals surface area contributed by atoms with Crippen LogP contribution in [-0.2, 0) is 13.0 Å². The van der Waals surface area contributed by atoms with Gasteiger partial charge in [-0.25, -0.2) is 0 Å². The third kappa shape index (κ3) is 4.78. The molecule has 2 aromatic rings. The molecule has 0 fully saturated rings. The number of rotatable bonds is 8. The second-order valence-electron chi connectivity index (χ2n) is 5.62. The Hall–Kier alpha value is -2.00. The van der Waals surface area contributed by atoms with Crippen molar-refractivity contribution >= 4 is 0 Å². The smallest absolute Gasteiger partial charge is 0.127 e. The standard InChI is InChI=1S/C19H25NO2/c1-15(8-9-16-10-12-18(21-2)13-11-16)20-14-17-6-4-5-7-19(17)22-3/h4-7,10-13,15,20H,8-9,14H2,1-3H3/p+1/t15-/m1/s1. The summed E-state index contributed by atoms with van der Waals surface area (Å²) in [6, 6.07) is 17.1. The average Bonchev–Trinajstić information content (AvgIpc) is 2.58. The molecule has 2 rings (SSSR count). The van der Waals surface area contributed by atoms with Gasteiger partial charge >= 0.3 is 0 Å². The van der Waals surface area contributed by atoms with Crippen molar-refractivity contribution in [1.29, 1.82) is 0 Å². The van der Waals surface area contributed by atoms with Crippen LogP contribution < -0.4 is 14.8 Å². The minimum absolute atomic E-state index is 0.576. The summed E-state index contributed by atoms with van der Waals surface area (Å²) in [5.41, 5.74) is 2.61. The molecule has 0 amide bonds. The van der Waals surface area contributed by atoms with Crippen molar-refractivity contribution in [3.63, 3.8) is 0 Å². The van der Waals surface area contributed by atoms with E-state index >= 15 is 0 Å². The van der Waals surface area contributed by atoms with Gasteiger partial charge in [-0.15, -0.1) is 0 Å². The van der Waals surface area contributed by atoms with Gasteiger partial charge < -0.3 is 14.8 Å². The van der Waals surface area contributed by atoms with Gasteiger partial charge in [-0.3, -0.25) is 0 Å². The third-order valence-electron chi connectivity index (χ3n) is 3.98. The molecule has 0 saturated heterocycles. The summed E-state index contributed by atoms with van der Waals surface area (Å²) in [6.45, 7) is 3.23. The number of hydrogen-bond donors (Lipinski definition) is 1. The Morgan fingerprint density at radius 2 is 1.68 bits per heavy atom. The van der Waals surface area contributed by atoms with Gasteiger partial charge in [0.25, 0.3) is 0 Å². The molecule has 0 saturated carbocycles. The molecular weight excluding hydrogens is 274 g/mol. The predicted octanol–water partition coefficient (Wildman–Crippen LogP) is 2.79. The molecule has 0 aliphatic rings. The molecule has 0 aliphatic heterocycles. The Balaban J connectivity index is 1.78. The monoisotopic (exact) mass is 300 g/mol. The number of hydrogen-bond acceptors (Lipinski definition) is 2. The quantitative estimate of drug-likeness (QED) is 0.813. The van der Waals surface area contributed by atoms with Crippen molar-refractivity contribution in [2.24, 2.45) is 0 Å². The fourth-order valence-corrected chi connectivity index (χ4v) is 2.50. The van der Waals surface area contributed by atoms with E-state index in [2.05, 4.69) is 36.5 Å². The van der Waals surface area contributed by atoms with Crippen LogP contribution in [0.25, 0.3) is 0 Å². The Labute approximate surface area is 133 Å². The SMILES string of the molecule is COc1ccc(CC[C@@H](C)[NH2+]Cc2ccccc2OC)cc1. The second kappa shape index (κ2) is 8.44. The lowest BCUT2D eigenvalue weighted by molar-refractivity contribution is -0.701. The zero-order chi connectivity index (χ0) is 15.8.